The van der Waals surface area contributed by atoms with Gasteiger partial charge in [-0.1, -0.05) is 24.3 Å². The number of hydrogen-bond acceptors (Lipinski definition) is 9. The molecular weight excluding hydrogens is 548 g/mol. The molecule has 2 aliphatic rings. The molecule has 0 bridgehead atoms. The highest BCUT2D eigenvalue weighted by molar-refractivity contribution is 5.87. The molecule has 216 valence electrons. The van der Waals surface area contributed by atoms with Crippen molar-refractivity contribution in [1.29, 1.82) is 0 Å². The molecule has 0 aliphatic carbocycles. The summed E-state index contributed by atoms with van der Waals surface area (Å²) >= 11 is 0. The quantitative estimate of drug-likeness (QED) is 0.294. The number of hydrogen-bond donors (Lipinski definition) is 2. The van der Waals surface area contributed by atoms with Crippen LogP contribution < -0.4 is 25.6 Å². The SMILES string of the molecule is COc1ccc(Cn2c3nc(-c4cc(=CO)c(=CO)cc4C)nc4c(ncn4Cc4ccc(OC)cc4)c-3nc2=O)cc1. The van der Waals surface area contributed by atoms with E-state index in [9.17, 15) is 15.0 Å². The van der Waals surface area contributed by atoms with Crippen LogP contribution >= 0.6 is 0 Å². The molecule has 1 aromatic heterocycles. The van der Waals surface area contributed by atoms with Crippen LogP contribution in [0.25, 0.3) is 46.6 Å². The van der Waals surface area contributed by atoms with Crippen LogP contribution in [0.1, 0.15) is 16.7 Å². The molecule has 0 spiro atoms. The zero-order chi connectivity index (χ0) is 30.1. The Labute approximate surface area is 245 Å². The van der Waals surface area contributed by atoms with Crippen molar-refractivity contribution in [2.24, 2.45) is 0 Å². The fourth-order valence-corrected chi connectivity index (χ4v) is 5.01. The fraction of sp³-hybridized carbons (Fsp3) is 0.156. The van der Waals surface area contributed by atoms with E-state index < -0.39 is 5.69 Å². The lowest BCUT2D eigenvalue weighted by Crippen LogP contribution is -2.25. The Morgan fingerprint density at radius 3 is 2.02 bits per heavy atom. The first-order chi connectivity index (χ1) is 20.9. The largest absolute Gasteiger partial charge is 0.515 e. The summed E-state index contributed by atoms with van der Waals surface area (Å²) in [4.78, 5) is 32.2. The van der Waals surface area contributed by atoms with E-state index in [1.54, 1.807) is 32.7 Å². The second kappa shape index (κ2) is 11.3. The molecule has 11 heteroatoms. The standard InChI is InChI=1S/C32H28N6O5/c1-19-12-22(16-39)23(17-40)13-26(19)29-35-30-27(33-18-37(30)14-20-4-8-24(42-2)9-5-20)28-31(36-29)38(32(41)34-28)15-21-6-10-25(43-3)11-7-21/h4-13,16-18,39-40H,14-15H2,1-3H3. The van der Waals surface area contributed by atoms with Crippen LogP contribution in [-0.4, -0.2) is 53.5 Å². The van der Waals surface area contributed by atoms with Crippen molar-refractivity contribution in [2.75, 3.05) is 14.2 Å². The predicted octanol–water partition coefficient (Wildman–Crippen LogP) is 3.17. The van der Waals surface area contributed by atoms with Gasteiger partial charge in [-0.15, -0.1) is 0 Å². The van der Waals surface area contributed by atoms with Crippen LogP contribution in [-0.2, 0) is 13.1 Å². The lowest BCUT2D eigenvalue weighted by atomic mass is 10.1. The third-order valence-corrected chi connectivity index (χ3v) is 7.32. The second-order valence-electron chi connectivity index (χ2n) is 10.00. The van der Waals surface area contributed by atoms with Gasteiger partial charge in [-0.2, -0.15) is 4.98 Å². The van der Waals surface area contributed by atoms with Gasteiger partial charge in [0.2, 0.25) is 0 Å². The number of ether oxygens (including phenoxy) is 2. The minimum atomic E-state index is -0.465. The summed E-state index contributed by atoms with van der Waals surface area (Å²) in [6.45, 7) is 2.52. The van der Waals surface area contributed by atoms with Crippen molar-refractivity contribution in [2.45, 2.75) is 20.0 Å². The number of rotatable bonds is 7. The summed E-state index contributed by atoms with van der Waals surface area (Å²) in [6, 6.07) is 18.5. The lowest BCUT2D eigenvalue weighted by molar-refractivity contribution is 0.414. The highest BCUT2D eigenvalue weighted by Crippen LogP contribution is 2.28. The number of methoxy groups -OCH3 is 2. The van der Waals surface area contributed by atoms with Gasteiger partial charge in [-0.25, -0.2) is 19.7 Å². The van der Waals surface area contributed by atoms with Gasteiger partial charge in [0.1, 0.15) is 22.7 Å². The number of aromatic nitrogens is 6. The van der Waals surface area contributed by atoms with Crippen molar-refractivity contribution in [1.82, 2.24) is 29.1 Å². The van der Waals surface area contributed by atoms with E-state index in [4.69, 9.17) is 19.4 Å². The number of aliphatic hydroxyl groups is 2. The second-order valence-corrected chi connectivity index (χ2v) is 10.00. The number of imidazole rings is 2. The van der Waals surface area contributed by atoms with Crippen molar-refractivity contribution in [3.05, 3.63) is 105 Å². The minimum Gasteiger partial charge on any atom is -0.515 e. The van der Waals surface area contributed by atoms with Gasteiger partial charge in [-0.3, -0.25) is 4.57 Å². The van der Waals surface area contributed by atoms with E-state index in [2.05, 4.69) is 9.97 Å². The zero-order valence-electron chi connectivity index (χ0n) is 23.7. The minimum absolute atomic E-state index is 0.219. The first-order valence-corrected chi connectivity index (χ1v) is 13.4. The molecule has 2 aliphatic heterocycles. The van der Waals surface area contributed by atoms with E-state index in [1.165, 1.54) is 4.57 Å². The van der Waals surface area contributed by atoms with Crippen molar-refractivity contribution in [3.63, 3.8) is 0 Å². The summed E-state index contributed by atoms with van der Waals surface area (Å²) in [6.07, 6.45) is 3.51. The molecule has 0 saturated carbocycles. The Kier molecular flexibility index (Phi) is 7.21. The summed E-state index contributed by atoms with van der Waals surface area (Å²) in [5.41, 5.74) is 3.98. The highest BCUT2D eigenvalue weighted by Gasteiger charge is 2.24. The van der Waals surface area contributed by atoms with Crippen LogP contribution in [0.4, 0.5) is 0 Å². The van der Waals surface area contributed by atoms with Gasteiger partial charge in [-0.05, 0) is 60.0 Å². The number of nitrogens with zero attached hydrogens (tertiary/aromatic N) is 6. The first kappa shape index (κ1) is 27.5. The van der Waals surface area contributed by atoms with Gasteiger partial charge in [0, 0.05) is 16.0 Å². The Morgan fingerprint density at radius 1 is 0.814 bits per heavy atom. The van der Waals surface area contributed by atoms with Gasteiger partial charge >= 0.3 is 5.69 Å². The predicted molar refractivity (Wildman–Crippen MR) is 162 cm³/mol. The van der Waals surface area contributed by atoms with Gasteiger partial charge in [0.25, 0.3) is 0 Å². The van der Waals surface area contributed by atoms with E-state index in [0.717, 1.165) is 35.0 Å². The molecule has 0 fully saturated rings. The van der Waals surface area contributed by atoms with Crippen LogP contribution in [0.15, 0.2) is 71.8 Å². The maximum atomic E-state index is 13.3. The molecule has 0 radical (unpaired) electrons. The number of aliphatic hydroxyl groups excluding tert-OH is 2. The third-order valence-electron chi connectivity index (χ3n) is 7.32. The first-order valence-electron chi connectivity index (χ1n) is 13.4. The zero-order valence-corrected chi connectivity index (χ0v) is 23.7. The summed E-state index contributed by atoms with van der Waals surface area (Å²) in [5.74, 6) is 2.08. The Balaban J connectivity index is 1.59. The smallest absolute Gasteiger partial charge is 0.350 e. The average Bonchev–Trinajstić information content (AvgIpc) is 3.51. The molecule has 43 heavy (non-hydrogen) atoms. The summed E-state index contributed by atoms with van der Waals surface area (Å²) in [5, 5.41) is 20.4. The molecule has 0 saturated heterocycles. The van der Waals surface area contributed by atoms with Crippen molar-refractivity contribution >= 4 is 23.7 Å². The van der Waals surface area contributed by atoms with Crippen molar-refractivity contribution in [3.8, 4) is 34.4 Å². The molecule has 0 unspecified atom stereocenters. The molecule has 0 atom stereocenters. The highest BCUT2D eigenvalue weighted by atomic mass is 16.5. The Morgan fingerprint density at radius 2 is 1.42 bits per heavy atom. The van der Waals surface area contributed by atoms with Gasteiger partial charge < -0.3 is 24.3 Å². The lowest BCUT2D eigenvalue weighted by Gasteiger charge is -2.07. The van der Waals surface area contributed by atoms with Gasteiger partial charge in [0.15, 0.2) is 17.3 Å². The molecule has 6 rings (SSSR count). The summed E-state index contributed by atoms with van der Waals surface area (Å²) < 4.78 is 13.9. The van der Waals surface area contributed by atoms with E-state index in [1.807, 2.05) is 60.0 Å². The molecule has 11 nitrogen and oxygen atoms in total. The molecule has 4 aromatic rings. The fourth-order valence-electron chi connectivity index (χ4n) is 5.01. The monoisotopic (exact) mass is 576 g/mol. The maximum absolute atomic E-state index is 13.3. The van der Waals surface area contributed by atoms with E-state index in [0.29, 0.717) is 56.8 Å². The van der Waals surface area contributed by atoms with Crippen LogP contribution in [0.5, 0.6) is 11.5 Å². The average molecular weight is 577 g/mol. The number of fused-ring (bicyclic) bond motifs is 3. The third kappa shape index (κ3) is 5.12. The van der Waals surface area contributed by atoms with E-state index >= 15 is 0 Å². The van der Waals surface area contributed by atoms with Crippen LogP contribution in [0.3, 0.4) is 0 Å². The molecule has 3 heterocycles. The molecule has 3 aromatic carbocycles. The van der Waals surface area contributed by atoms with Crippen LogP contribution in [0.2, 0.25) is 0 Å². The molecule has 0 amide bonds. The normalized spacial score (nSPS) is 12.3. The van der Waals surface area contributed by atoms with Crippen molar-refractivity contribution < 1.29 is 19.7 Å². The molecular formula is C32H28N6O5. The molecule has 2 N–H and O–H groups in total. The maximum Gasteiger partial charge on any atom is 0.350 e. The van der Waals surface area contributed by atoms with Crippen LogP contribution in [0, 0.1) is 6.92 Å². The van der Waals surface area contributed by atoms with E-state index in [-0.39, 0.29) is 6.54 Å². The van der Waals surface area contributed by atoms with Gasteiger partial charge in [0.05, 0.1) is 46.2 Å². The topological polar surface area (TPSA) is 137 Å². The number of benzene rings is 3. The number of aryl methyl sites for hydroxylation is 1. The summed E-state index contributed by atoms with van der Waals surface area (Å²) in [7, 11) is 3.21. The Bertz CT molecular complexity index is 2100. The Hall–Kier alpha value is -5.71.